The fourth-order valence-electron chi connectivity index (χ4n) is 2.55. The Morgan fingerprint density at radius 2 is 1.83 bits per heavy atom. The summed E-state index contributed by atoms with van der Waals surface area (Å²) in [6.45, 7) is 3.76. The molecule has 1 amide bonds. The molecule has 2 aromatic carbocycles. The molecule has 2 aromatic rings. The second kappa shape index (κ2) is 7.42. The summed E-state index contributed by atoms with van der Waals surface area (Å²) in [5.41, 5.74) is 3.45. The lowest BCUT2D eigenvalue weighted by molar-refractivity contribution is -0.139. The molecule has 0 aliphatic heterocycles. The van der Waals surface area contributed by atoms with Crippen molar-refractivity contribution in [3.63, 3.8) is 0 Å². The number of aryl methyl sites for hydroxylation is 2. The molecule has 0 unspecified atom stereocenters. The molecule has 0 saturated heterocycles. The Bertz CT molecular complexity index is 801. The van der Waals surface area contributed by atoms with Gasteiger partial charge in [-0.1, -0.05) is 29.3 Å². The topological polar surface area (TPSA) is 90.2 Å². The smallest absolute Gasteiger partial charge is 0.326 e. The first-order valence-electron chi connectivity index (χ1n) is 7.50. The molecule has 0 aromatic heterocycles. The quantitative estimate of drug-likeness (QED) is 0.885. The summed E-state index contributed by atoms with van der Waals surface area (Å²) in [6, 6.07) is 13.0. The van der Waals surface area contributed by atoms with E-state index in [1.165, 1.54) is 0 Å². The third kappa shape index (κ3) is 4.43. The highest BCUT2D eigenvalue weighted by molar-refractivity contribution is 5.97. The van der Waals surface area contributed by atoms with Crippen molar-refractivity contribution in [1.29, 1.82) is 5.26 Å². The summed E-state index contributed by atoms with van der Waals surface area (Å²) < 4.78 is 0. The minimum absolute atomic E-state index is 0.112. The van der Waals surface area contributed by atoms with Crippen LogP contribution in [-0.2, 0) is 11.2 Å². The number of carbonyl (C=O) groups excluding carboxylic acids is 1. The molecule has 0 saturated carbocycles. The zero-order chi connectivity index (χ0) is 17.7. The average molecular weight is 322 g/mol. The van der Waals surface area contributed by atoms with Gasteiger partial charge in [0.1, 0.15) is 6.04 Å². The number of hydrogen-bond donors (Lipinski definition) is 2. The number of aliphatic carboxylic acids is 1. The van der Waals surface area contributed by atoms with Crippen LogP contribution in [0.25, 0.3) is 0 Å². The van der Waals surface area contributed by atoms with E-state index in [1.807, 2.05) is 26.0 Å². The number of nitrogens with one attached hydrogen (secondary N) is 1. The Labute approximate surface area is 140 Å². The highest BCUT2D eigenvalue weighted by Crippen LogP contribution is 2.11. The van der Waals surface area contributed by atoms with Gasteiger partial charge in [-0.15, -0.1) is 0 Å². The fraction of sp³-hybridized carbons (Fsp3) is 0.211. The van der Waals surface area contributed by atoms with Crippen LogP contribution in [0.3, 0.4) is 0 Å². The number of carboxylic acid groups (broad SMARTS) is 1. The molecular weight excluding hydrogens is 304 g/mol. The van der Waals surface area contributed by atoms with Crippen molar-refractivity contribution in [3.05, 3.63) is 70.3 Å². The van der Waals surface area contributed by atoms with Gasteiger partial charge in [0.05, 0.1) is 11.6 Å². The molecule has 0 radical (unpaired) electrons. The summed E-state index contributed by atoms with van der Waals surface area (Å²) in [5.74, 6) is -1.54. The van der Waals surface area contributed by atoms with Crippen LogP contribution in [0.15, 0.2) is 42.5 Å². The standard InChI is InChI=1S/C19H18N2O3/c1-12-6-13(2)8-16(7-12)18(22)21-17(19(23)24)10-14-4-3-5-15(9-14)11-20/h3-9,17H,10H2,1-2H3,(H,21,22)(H,23,24)/t17-/m1/s1. The predicted molar refractivity (Wildman–Crippen MR) is 89.7 cm³/mol. The number of carboxylic acids is 1. The van der Waals surface area contributed by atoms with Crippen LogP contribution in [0.4, 0.5) is 0 Å². The van der Waals surface area contributed by atoms with Gasteiger partial charge in [0.2, 0.25) is 0 Å². The highest BCUT2D eigenvalue weighted by atomic mass is 16.4. The van der Waals surface area contributed by atoms with Gasteiger partial charge in [-0.25, -0.2) is 4.79 Å². The minimum atomic E-state index is -1.12. The lowest BCUT2D eigenvalue weighted by atomic mass is 10.0. The molecule has 5 nitrogen and oxygen atoms in total. The summed E-state index contributed by atoms with van der Waals surface area (Å²) >= 11 is 0. The van der Waals surface area contributed by atoms with E-state index in [0.29, 0.717) is 16.7 Å². The number of carbonyl (C=O) groups is 2. The molecule has 2 rings (SSSR count). The average Bonchev–Trinajstić information content (AvgIpc) is 2.53. The van der Waals surface area contributed by atoms with Gasteiger partial charge < -0.3 is 10.4 Å². The molecule has 0 fully saturated rings. The predicted octanol–water partition coefficient (Wildman–Crippen LogP) is 2.60. The molecule has 24 heavy (non-hydrogen) atoms. The Kier molecular flexibility index (Phi) is 5.33. The van der Waals surface area contributed by atoms with Crippen molar-refractivity contribution >= 4 is 11.9 Å². The Morgan fingerprint density at radius 1 is 1.17 bits per heavy atom. The molecular formula is C19H18N2O3. The van der Waals surface area contributed by atoms with Gasteiger partial charge in [0.15, 0.2) is 0 Å². The largest absolute Gasteiger partial charge is 0.480 e. The number of amides is 1. The van der Waals surface area contributed by atoms with Crippen molar-refractivity contribution in [2.75, 3.05) is 0 Å². The monoisotopic (exact) mass is 322 g/mol. The molecule has 2 N–H and O–H groups in total. The zero-order valence-corrected chi connectivity index (χ0v) is 13.5. The molecule has 0 aliphatic carbocycles. The van der Waals surface area contributed by atoms with E-state index < -0.39 is 17.9 Å². The molecule has 0 heterocycles. The van der Waals surface area contributed by atoms with E-state index in [9.17, 15) is 14.7 Å². The number of rotatable bonds is 5. The van der Waals surface area contributed by atoms with Crippen LogP contribution >= 0.6 is 0 Å². The van der Waals surface area contributed by atoms with E-state index in [0.717, 1.165) is 11.1 Å². The maximum absolute atomic E-state index is 12.4. The van der Waals surface area contributed by atoms with Crippen molar-refractivity contribution in [1.82, 2.24) is 5.32 Å². The maximum Gasteiger partial charge on any atom is 0.326 e. The Balaban J connectivity index is 2.17. The normalized spacial score (nSPS) is 11.4. The first-order chi connectivity index (χ1) is 11.4. The summed E-state index contributed by atoms with van der Waals surface area (Å²) in [4.78, 5) is 23.8. The number of hydrogen-bond acceptors (Lipinski definition) is 3. The van der Waals surface area contributed by atoms with Gasteiger partial charge in [0.25, 0.3) is 5.91 Å². The van der Waals surface area contributed by atoms with Crippen molar-refractivity contribution in [3.8, 4) is 6.07 Å². The number of benzene rings is 2. The van der Waals surface area contributed by atoms with E-state index in [-0.39, 0.29) is 6.42 Å². The Hall–Kier alpha value is -3.13. The van der Waals surface area contributed by atoms with Crippen LogP contribution < -0.4 is 5.32 Å². The van der Waals surface area contributed by atoms with Crippen LogP contribution in [0.5, 0.6) is 0 Å². The molecule has 0 bridgehead atoms. The lowest BCUT2D eigenvalue weighted by Gasteiger charge is -2.15. The fourth-order valence-corrected chi connectivity index (χ4v) is 2.55. The van der Waals surface area contributed by atoms with Crippen molar-refractivity contribution < 1.29 is 14.7 Å². The number of nitriles is 1. The van der Waals surface area contributed by atoms with Crippen molar-refractivity contribution in [2.24, 2.45) is 0 Å². The zero-order valence-electron chi connectivity index (χ0n) is 13.5. The summed E-state index contributed by atoms with van der Waals surface area (Å²) in [5, 5.41) is 20.9. The first-order valence-corrected chi connectivity index (χ1v) is 7.50. The Morgan fingerprint density at radius 3 is 2.42 bits per heavy atom. The van der Waals surface area contributed by atoms with Crippen LogP contribution in [0.1, 0.15) is 32.6 Å². The second-order valence-corrected chi connectivity index (χ2v) is 5.76. The van der Waals surface area contributed by atoms with Gasteiger partial charge >= 0.3 is 5.97 Å². The van der Waals surface area contributed by atoms with E-state index in [2.05, 4.69) is 5.32 Å². The molecule has 122 valence electrons. The van der Waals surface area contributed by atoms with Crippen LogP contribution in [-0.4, -0.2) is 23.0 Å². The van der Waals surface area contributed by atoms with Gasteiger partial charge in [-0.3, -0.25) is 4.79 Å². The molecule has 0 aliphatic rings. The minimum Gasteiger partial charge on any atom is -0.480 e. The lowest BCUT2D eigenvalue weighted by Crippen LogP contribution is -2.42. The van der Waals surface area contributed by atoms with E-state index in [4.69, 9.17) is 5.26 Å². The van der Waals surface area contributed by atoms with E-state index in [1.54, 1.807) is 36.4 Å². The molecule has 5 heteroatoms. The van der Waals surface area contributed by atoms with Gasteiger partial charge in [0, 0.05) is 12.0 Å². The number of nitrogens with zero attached hydrogens (tertiary/aromatic N) is 1. The van der Waals surface area contributed by atoms with Gasteiger partial charge in [-0.05, 0) is 43.7 Å². The molecule has 0 spiro atoms. The van der Waals surface area contributed by atoms with Crippen LogP contribution in [0.2, 0.25) is 0 Å². The summed E-state index contributed by atoms with van der Waals surface area (Å²) in [7, 11) is 0. The van der Waals surface area contributed by atoms with Gasteiger partial charge in [-0.2, -0.15) is 5.26 Å². The molecule has 1 atom stereocenters. The third-order valence-electron chi connectivity index (χ3n) is 3.58. The highest BCUT2D eigenvalue weighted by Gasteiger charge is 2.21. The van der Waals surface area contributed by atoms with Crippen LogP contribution in [0, 0.1) is 25.2 Å². The van der Waals surface area contributed by atoms with E-state index >= 15 is 0 Å². The maximum atomic E-state index is 12.4. The summed E-state index contributed by atoms with van der Waals surface area (Å²) in [6.07, 6.45) is 0.112. The van der Waals surface area contributed by atoms with Crippen molar-refractivity contribution in [2.45, 2.75) is 26.3 Å². The first kappa shape index (κ1) is 17.2. The second-order valence-electron chi connectivity index (χ2n) is 5.76. The third-order valence-corrected chi connectivity index (χ3v) is 3.58. The SMILES string of the molecule is Cc1cc(C)cc(C(=O)N[C@H](Cc2cccc(C#N)c2)C(=O)O)c1.